The maximum Gasteiger partial charge on any atom is 0.125 e. The van der Waals surface area contributed by atoms with Crippen molar-refractivity contribution in [1.82, 2.24) is 9.55 Å². The summed E-state index contributed by atoms with van der Waals surface area (Å²) in [5.74, 6) is 2.00. The third-order valence-electron chi connectivity index (χ3n) is 3.58. The lowest BCUT2D eigenvalue weighted by molar-refractivity contribution is 0.293. The minimum atomic E-state index is 0.180. The zero-order valence-electron chi connectivity index (χ0n) is 13.4. The second kappa shape index (κ2) is 6.76. The fourth-order valence-electron chi connectivity index (χ4n) is 2.64. The predicted octanol–water partition coefficient (Wildman–Crippen LogP) is 2.78. The first-order valence-corrected chi connectivity index (χ1v) is 7.43. The molecular weight excluding hydrogens is 262 g/mol. The lowest BCUT2D eigenvalue weighted by atomic mass is 10.0. The van der Waals surface area contributed by atoms with E-state index < -0.39 is 0 Å². The monoisotopic (exact) mass is 287 g/mol. The van der Waals surface area contributed by atoms with Gasteiger partial charge in [-0.25, -0.2) is 4.98 Å². The van der Waals surface area contributed by atoms with Gasteiger partial charge in [-0.1, -0.05) is 12.1 Å². The molecule has 0 spiro atoms. The molecule has 1 aromatic heterocycles. The summed E-state index contributed by atoms with van der Waals surface area (Å²) in [5.41, 5.74) is 9.50. The van der Waals surface area contributed by atoms with Crippen LogP contribution in [0.15, 0.2) is 24.5 Å². The van der Waals surface area contributed by atoms with Gasteiger partial charge in [0, 0.05) is 18.4 Å². The maximum atomic E-state index is 5.98. The molecule has 114 valence electrons. The molecule has 0 bridgehead atoms. The highest BCUT2D eigenvalue weighted by atomic mass is 16.5. The van der Waals surface area contributed by atoms with E-state index in [0.29, 0.717) is 6.61 Å². The number of nitrogens with zero attached hydrogens (tertiary/aromatic N) is 2. The van der Waals surface area contributed by atoms with Gasteiger partial charge in [0.15, 0.2) is 0 Å². The third-order valence-corrected chi connectivity index (χ3v) is 3.58. The van der Waals surface area contributed by atoms with Crippen LogP contribution in [0, 0.1) is 20.8 Å². The summed E-state index contributed by atoms with van der Waals surface area (Å²) in [7, 11) is 0. The molecule has 1 unspecified atom stereocenters. The zero-order chi connectivity index (χ0) is 15.4. The number of hydrogen-bond donors (Lipinski definition) is 1. The topological polar surface area (TPSA) is 53.1 Å². The van der Waals surface area contributed by atoms with Gasteiger partial charge in [0.1, 0.15) is 18.2 Å². The molecule has 0 aliphatic rings. The summed E-state index contributed by atoms with van der Waals surface area (Å²) in [6.45, 7) is 9.67. The van der Waals surface area contributed by atoms with Crippen molar-refractivity contribution < 1.29 is 4.74 Å². The van der Waals surface area contributed by atoms with Crippen molar-refractivity contribution >= 4 is 0 Å². The predicted molar refractivity (Wildman–Crippen MR) is 85.7 cm³/mol. The van der Waals surface area contributed by atoms with Gasteiger partial charge in [0.25, 0.3) is 0 Å². The van der Waals surface area contributed by atoms with Gasteiger partial charge in [-0.3, -0.25) is 0 Å². The minimum Gasteiger partial charge on any atom is -0.491 e. The molecule has 0 aliphatic heterocycles. The van der Waals surface area contributed by atoms with Crippen LogP contribution in [0.3, 0.4) is 0 Å². The van der Waals surface area contributed by atoms with Gasteiger partial charge >= 0.3 is 0 Å². The van der Waals surface area contributed by atoms with Crippen LogP contribution < -0.4 is 10.5 Å². The second-order valence-electron chi connectivity index (χ2n) is 5.76. The summed E-state index contributed by atoms with van der Waals surface area (Å²) in [6, 6.07) is 4.53. The van der Waals surface area contributed by atoms with Gasteiger partial charge in [-0.05, 0) is 50.8 Å². The normalized spacial score (nSPS) is 12.4. The Hall–Kier alpha value is -1.81. The van der Waals surface area contributed by atoms with E-state index in [4.69, 9.17) is 10.5 Å². The van der Waals surface area contributed by atoms with E-state index in [0.717, 1.165) is 24.5 Å². The second-order valence-corrected chi connectivity index (χ2v) is 5.76. The van der Waals surface area contributed by atoms with E-state index in [9.17, 15) is 0 Å². The number of benzene rings is 1. The number of imidazole rings is 1. The van der Waals surface area contributed by atoms with Crippen LogP contribution in [-0.2, 0) is 13.0 Å². The fraction of sp³-hybridized carbons (Fsp3) is 0.471. The summed E-state index contributed by atoms with van der Waals surface area (Å²) in [5, 5.41) is 0. The maximum absolute atomic E-state index is 5.98. The summed E-state index contributed by atoms with van der Waals surface area (Å²) >= 11 is 0. The van der Waals surface area contributed by atoms with Gasteiger partial charge in [0.2, 0.25) is 0 Å². The van der Waals surface area contributed by atoms with E-state index in [2.05, 4.69) is 35.5 Å². The first-order chi connectivity index (χ1) is 9.97. The van der Waals surface area contributed by atoms with E-state index >= 15 is 0 Å². The summed E-state index contributed by atoms with van der Waals surface area (Å²) in [4.78, 5) is 4.21. The average molecular weight is 287 g/mol. The van der Waals surface area contributed by atoms with Gasteiger partial charge in [-0.2, -0.15) is 0 Å². The molecule has 0 saturated heterocycles. The SMILES string of the molecule is Cc1cc(CC(C)N)cc(C)c1OCCn1ccnc1C. The number of aromatic nitrogens is 2. The first kappa shape index (κ1) is 15.6. The Morgan fingerprint density at radius 2 is 1.90 bits per heavy atom. The van der Waals surface area contributed by atoms with Crippen molar-refractivity contribution in [2.75, 3.05) is 6.61 Å². The Balaban J connectivity index is 2.01. The van der Waals surface area contributed by atoms with E-state index in [1.165, 1.54) is 16.7 Å². The molecule has 2 aromatic rings. The van der Waals surface area contributed by atoms with Crippen molar-refractivity contribution in [2.45, 2.75) is 46.7 Å². The van der Waals surface area contributed by atoms with E-state index in [-0.39, 0.29) is 6.04 Å². The van der Waals surface area contributed by atoms with Crippen LogP contribution in [0.1, 0.15) is 29.4 Å². The number of hydrogen-bond acceptors (Lipinski definition) is 3. The van der Waals surface area contributed by atoms with Crippen LogP contribution in [0.2, 0.25) is 0 Å². The average Bonchev–Trinajstić information content (AvgIpc) is 2.77. The molecule has 1 heterocycles. The largest absolute Gasteiger partial charge is 0.491 e. The molecule has 0 amide bonds. The van der Waals surface area contributed by atoms with Crippen LogP contribution in [0.4, 0.5) is 0 Å². The van der Waals surface area contributed by atoms with Crippen LogP contribution >= 0.6 is 0 Å². The molecule has 2 N–H and O–H groups in total. The highest BCUT2D eigenvalue weighted by Gasteiger charge is 2.08. The third kappa shape index (κ3) is 4.08. The van der Waals surface area contributed by atoms with Crippen LogP contribution in [0.5, 0.6) is 5.75 Å². The van der Waals surface area contributed by atoms with Gasteiger partial charge < -0.3 is 15.0 Å². The highest BCUT2D eigenvalue weighted by Crippen LogP contribution is 2.25. The molecule has 4 nitrogen and oxygen atoms in total. The number of aryl methyl sites for hydroxylation is 3. The zero-order valence-corrected chi connectivity index (χ0v) is 13.4. The quantitative estimate of drug-likeness (QED) is 0.889. The van der Waals surface area contributed by atoms with E-state index in [1.807, 2.05) is 26.2 Å². The lowest BCUT2D eigenvalue weighted by Gasteiger charge is -2.15. The van der Waals surface area contributed by atoms with Crippen molar-refractivity contribution in [3.8, 4) is 5.75 Å². The van der Waals surface area contributed by atoms with Gasteiger partial charge in [-0.15, -0.1) is 0 Å². The van der Waals surface area contributed by atoms with E-state index in [1.54, 1.807) is 0 Å². The number of nitrogens with two attached hydrogens (primary N) is 1. The van der Waals surface area contributed by atoms with Gasteiger partial charge in [0.05, 0.1) is 6.54 Å². The highest BCUT2D eigenvalue weighted by molar-refractivity contribution is 5.43. The molecule has 0 aliphatic carbocycles. The minimum absolute atomic E-state index is 0.180. The first-order valence-electron chi connectivity index (χ1n) is 7.43. The smallest absolute Gasteiger partial charge is 0.125 e. The standard InChI is InChI=1S/C17H25N3O/c1-12-9-16(11-14(3)18)10-13(2)17(12)21-8-7-20-6-5-19-15(20)4/h5-6,9-10,14H,7-8,11,18H2,1-4H3. The fourth-order valence-corrected chi connectivity index (χ4v) is 2.64. The Morgan fingerprint density at radius 3 is 2.43 bits per heavy atom. The summed E-state index contributed by atoms with van der Waals surface area (Å²) in [6.07, 6.45) is 4.69. The van der Waals surface area contributed by atoms with Crippen LogP contribution in [0.25, 0.3) is 0 Å². The Labute approximate surface area is 127 Å². The van der Waals surface area contributed by atoms with Crippen LogP contribution in [-0.4, -0.2) is 22.2 Å². The van der Waals surface area contributed by atoms with Crippen molar-refractivity contribution in [2.24, 2.45) is 5.73 Å². The molecule has 1 aromatic carbocycles. The summed E-state index contributed by atoms with van der Waals surface area (Å²) < 4.78 is 8.07. The molecule has 21 heavy (non-hydrogen) atoms. The number of rotatable bonds is 6. The lowest BCUT2D eigenvalue weighted by Crippen LogP contribution is -2.18. The molecule has 4 heteroatoms. The molecule has 0 fully saturated rings. The Kier molecular flexibility index (Phi) is 5.02. The molecule has 0 saturated carbocycles. The molecule has 1 atom stereocenters. The van der Waals surface area contributed by atoms with Crippen molar-refractivity contribution in [3.05, 3.63) is 47.0 Å². The Morgan fingerprint density at radius 1 is 1.24 bits per heavy atom. The molecule has 2 rings (SSSR count). The van der Waals surface area contributed by atoms with Crippen molar-refractivity contribution in [3.63, 3.8) is 0 Å². The molecular formula is C17H25N3O. The number of ether oxygens (including phenoxy) is 1. The molecule has 0 radical (unpaired) electrons. The Bertz CT molecular complexity index is 579. The van der Waals surface area contributed by atoms with Crippen molar-refractivity contribution in [1.29, 1.82) is 0 Å².